The van der Waals surface area contributed by atoms with E-state index in [2.05, 4.69) is 10.3 Å². The van der Waals surface area contributed by atoms with E-state index in [-0.39, 0.29) is 41.9 Å². The summed E-state index contributed by atoms with van der Waals surface area (Å²) in [6.07, 6.45) is 4.49. The van der Waals surface area contributed by atoms with E-state index < -0.39 is 17.3 Å². The van der Waals surface area contributed by atoms with E-state index in [1.807, 2.05) is 23.9 Å². The van der Waals surface area contributed by atoms with Crippen molar-refractivity contribution >= 4 is 11.9 Å². The largest absolute Gasteiger partial charge is 1.00 e. The van der Waals surface area contributed by atoms with Gasteiger partial charge in [-0.2, -0.15) is 0 Å². The van der Waals surface area contributed by atoms with Gasteiger partial charge in [-0.15, -0.1) is 0 Å². The molecule has 1 aliphatic carbocycles. The Morgan fingerprint density at radius 1 is 1.38 bits per heavy atom. The zero-order valence-electron chi connectivity index (χ0n) is 13.9. The third-order valence-corrected chi connectivity index (χ3v) is 4.37. The first-order valence-corrected chi connectivity index (χ1v) is 7.55. The quantitative estimate of drug-likeness (QED) is 0.563. The first-order chi connectivity index (χ1) is 11.0. The van der Waals surface area contributed by atoms with Crippen LogP contribution in [0.3, 0.4) is 0 Å². The molecule has 0 unspecified atom stereocenters. The molecule has 1 aromatic carbocycles. The Kier molecular flexibility index (Phi) is 5.85. The van der Waals surface area contributed by atoms with Crippen LogP contribution in [0.25, 0.3) is 0 Å². The summed E-state index contributed by atoms with van der Waals surface area (Å²) in [5.41, 5.74) is 0.332. The van der Waals surface area contributed by atoms with Crippen LogP contribution in [-0.4, -0.2) is 28.0 Å². The predicted octanol–water partition coefficient (Wildman–Crippen LogP) is -3.21. The average Bonchev–Trinajstić information content (AvgIpc) is 3.19. The fourth-order valence-electron chi connectivity index (χ4n) is 3.01. The molecule has 0 bridgehead atoms. The van der Waals surface area contributed by atoms with Gasteiger partial charge in [0, 0.05) is 31.6 Å². The van der Waals surface area contributed by atoms with Crippen LogP contribution in [-0.2, 0) is 28.5 Å². The van der Waals surface area contributed by atoms with Gasteiger partial charge in [-0.1, -0.05) is 30.3 Å². The number of benzene rings is 1. The van der Waals surface area contributed by atoms with Crippen molar-refractivity contribution < 1.29 is 44.3 Å². The summed E-state index contributed by atoms with van der Waals surface area (Å²) in [6, 6.07) is 8.83. The minimum atomic E-state index is -1.19. The summed E-state index contributed by atoms with van der Waals surface area (Å²) in [4.78, 5) is 28.0. The average molecular weight is 335 g/mol. The first kappa shape index (κ1) is 18.7. The number of imidazole rings is 1. The first-order valence-electron chi connectivity index (χ1n) is 7.55. The van der Waals surface area contributed by atoms with Crippen molar-refractivity contribution in [1.82, 2.24) is 14.9 Å². The summed E-state index contributed by atoms with van der Waals surface area (Å²) in [7, 11) is 1.88. The predicted molar refractivity (Wildman–Crippen MR) is 81.2 cm³/mol. The van der Waals surface area contributed by atoms with E-state index in [9.17, 15) is 14.7 Å². The molecule has 3 rings (SSSR count). The zero-order chi connectivity index (χ0) is 16.4. The van der Waals surface area contributed by atoms with Crippen molar-refractivity contribution in [2.45, 2.75) is 18.3 Å². The molecule has 24 heavy (non-hydrogen) atoms. The van der Waals surface area contributed by atoms with Gasteiger partial charge in [0.25, 0.3) is 0 Å². The minimum Gasteiger partial charge on any atom is -0.549 e. The number of rotatable bonds is 6. The molecule has 0 aliphatic heterocycles. The second-order valence-corrected chi connectivity index (χ2v) is 5.95. The van der Waals surface area contributed by atoms with Gasteiger partial charge < -0.3 is 19.8 Å². The molecule has 7 heteroatoms. The third-order valence-electron chi connectivity index (χ3n) is 4.37. The Morgan fingerprint density at radius 2 is 2.08 bits per heavy atom. The second-order valence-electron chi connectivity index (χ2n) is 5.95. The van der Waals surface area contributed by atoms with Gasteiger partial charge in [0.15, 0.2) is 0 Å². The van der Waals surface area contributed by atoms with Crippen LogP contribution in [0.15, 0.2) is 42.9 Å². The smallest absolute Gasteiger partial charge is 0.549 e. The number of carbonyl (C=O) groups excluding carboxylic acids is 2. The number of hydrogen-bond acceptors (Lipinski definition) is 4. The molecular formula is C17H18N3NaO3. The van der Waals surface area contributed by atoms with Gasteiger partial charge >= 0.3 is 29.6 Å². The molecule has 1 N–H and O–H groups in total. The van der Waals surface area contributed by atoms with Crippen molar-refractivity contribution in [3.8, 4) is 0 Å². The monoisotopic (exact) mass is 335 g/mol. The molecule has 2 atom stereocenters. The summed E-state index contributed by atoms with van der Waals surface area (Å²) >= 11 is 0. The van der Waals surface area contributed by atoms with Gasteiger partial charge in [-0.25, -0.2) is 4.98 Å². The number of hydrogen-bond donors (Lipinski definition) is 1. The number of nitrogens with one attached hydrogen (secondary N) is 1. The van der Waals surface area contributed by atoms with Gasteiger partial charge in [0.05, 0.1) is 23.9 Å². The van der Waals surface area contributed by atoms with Crippen LogP contribution in [0.5, 0.6) is 0 Å². The van der Waals surface area contributed by atoms with Crippen molar-refractivity contribution in [3.05, 3.63) is 54.1 Å². The maximum absolute atomic E-state index is 12.3. The second kappa shape index (κ2) is 7.51. The Hall–Kier alpha value is -1.63. The zero-order valence-corrected chi connectivity index (χ0v) is 15.9. The van der Waals surface area contributed by atoms with Crippen LogP contribution in [0.4, 0.5) is 0 Å². The fraction of sp³-hybridized carbons (Fsp3) is 0.353. The van der Waals surface area contributed by atoms with Crippen molar-refractivity contribution in [3.63, 3.8) is 0 Å². The van der Waals surface area contributed by atoms with E-state index >= 15 is 0 Å². The Labute approximate surface area is 162 Å². The summed E-state index contributed by atoms with van der Waals surface area (Å²) in [6.45, 7) is 0.435. The number of aromatic nitrogens is 2. The summed E-state index contributed by atoms with van der Waals surface area (Å²) in [5, 5.41) is 14.4. The van der Waals surface area contributed by atoms with Crippen LogP contribution in [0.1, 0.15) is 17.7 Å². The molecule has 1 amide bonds. The van der Waals surface area contributed by atoms with Crippen molar-refractivity contribution in [2.75, 3.05) is 6.54 Å². The number of aliphatic carboxylic acids is 1. The fourth-order valence-corrected chi connectivity index (χ4v) is 3.01. The Bertz CT molecular complexity index is 732. The molecule has 1 fully saturated rings. The van der Waals surface area contributed by atoms with Crippen LogP contribution in [0.2, 0.25) is 0 Å². The van der Waals surface area contributed by atoms with Gasteiger partial charge in [-0.05, 0) is 12.0 Å². The van der Waals surface area contributed by atoms with Crippen LogP contribution >= 0.6 is 0 Å². The SMILES string of the molecule is Cn1cnc(CCNC(=O)[C@@H]2C[C@@]2(C(=O)[O-])c2ccccc2)c1.[Na+]. The molecule has 0 spiro atoms. The molecule has 0 radical (unpaired) electrons. The number of carboxylic acid groups (broad SMARTS) is 1. The number of carbonyl (C=O) groups is 2. The van der Waals surface area contributed by atoms with Gasteiger partial charge in [-0.3, -0.25) is 4.79 Å². The van der Waals surface area contributed by atoms with E-state index in [0.29, 0.717) is 18.5 Å². The third kappa shape index (κ3) is 3.55. The van der Waals surface area contributed by atoms with Crippen LogP contribution < -0.4 is 40.0 Å². The van der Waals surface area contributed by atoms with Crippen LogP contribution in [0, 0.1) is 5.92 Å². The topological polar surface area (TPSA) is 87.0 Å². The van der Waals surface area contributed by atoms with E-state index in [1.165, 1.54) is 0 Å². The molecule has 0 saturated heterocycles. The molecule has 1 aliphatic rings. The maximum Gasteiger partial charge on any atom is 1.00 e. The van der Waals surface area contributed by atoms with E-state index in [0.717, 1.165) is 5.69 Å². The molecule has 120 valence electrons. The van der Waals surface area contributed by atoms with E-state index in [1.54, 1.807) is 30.6 Å². The standard InChI is InChI=1S/C17H19N3O3.Na/c1-20-10-13(19-11-20)7-8-18-15(21)14-9-17(14,16(22)23)12-5-3-2-4-6-12;/h2-6,10-11,14H,7-9H2,1H3,(H,18,21)(H,22,23);/q;+1/p-1/t14-,17+;/m0./s1. The van der Waals surface area contributed by atoms with Gasteiger partial charge in [0.1, 0.15) is 0 Å². The summed E-state index contributed by atoms with van der Waals surface area (Å²) < 4.78 is 1.84. The molecule has 2 aromatic rings. The maximum atomic E-state index is 12.3. The Balaban J connectivity index is 0.00000208. The molecule has 6 nitrogen and oxygen atoms in total. The van der Waals surface area contributed by atoms with E-state index in [4.69, 9.17) is 0 Å². The normalized spacial score (nSPS) is 21.6. The number of carboxylic acids is 1. The number of aryl methyl sites for hydroxylation is 1. The molecule has 1 heterocycles. The van der Waals surface area contributed by atoms with Gasteiger partial charge in [0.2, 0.25) is 5.91 Å². The summed E-state index contributed by atoms with van der Waals surface area (Å²) in [5.74, 6) is -2.00. The molecule has 1 aromatic heterocycles. The van der Waals surface area contributed by atoms with Crippen molar-refractivity contribution in [1.29, 1.82) is 0 Å². The van der Waals surface area contributed by atoms with Crippen molar-refractivity contribution in [2.24, 2.45) is 13.0 Å². The number of nitrogens with zero attached hydrogens (tertiary/aromatic N) is 2. The Morgan fingerprint density at radius 3 is 2.67 bits per heavy atom. The minimum absolute atomic E-state index is 0. The number of amides is 1. The molecule has 1 saturated carbocycles. The molecular weight excluding hydrogens is 317 g/mol.